The third-order valence-electron chi connectivity index (χ3n) is 4.95. The van der Waals surface area contributed by atoms with Gasteiger partial charge in [-0.15, -0.1) is 11.8 Å². The van der Waals surface area contributed by atoms with E-state index in [1.54, 1.807) is 36.5 Å². The summed E-state index contributed by atoms with van der Waals surface area (Å²) >= 11 is 1.34. The van der Waals surface area contributed by atoms with Gasteiger partial charge in [0.1, 0.15) is 5.03 Å². The molecule has 2 aromatic rings. The van der Waals surface area contributed by atoms with Crippen molar-refractivity contribution >= 4 is 29.3 Å². The van der Waals surface area contributed by atoms with Crippen molar-refractivity contribution in [2.24, 2.45) is 0 Å². The summed E-state index contributed by atoms with van der Waals surface area (Å²) in [6.45, 7) is -0.389. The Balaban J connectivity index is 1.34. The molecule has 0 unspecified atom stereocenters. The molecule has 1 N–H and O–H groups in total. The third kappa shape index (κ3) is 4.32. The highest BCUT2D eigenvalue weighted by Crippen LogP contribution is 2.46. The zero-order valence-electron chi connectivity index (χ0n) is 16.1. The first-order chi connectivity index (χ1) is 14.1. The summed E-state index contributed by atoms with van der Waals surface area (Å²) in [5.41, 5.74) is 0.904. The molecule has 1 fully saturated rings. The average Bonchev–Trinajstić information content (AvgIpc) is 3.08. The number of anilines is 1. The number of nitrogens with zero attached hydrogens (tertiary/aromatic N) is 1. The van der Waals surface area contributed by atoms with Crippen LogP contribution in [0.5, 0.6) is 11.5 Å². The molecule has 0 atom stereocenters. The van der Waals surface area contributed by atoms with Crippen LogP contribution in [0.3, 0.4) is 0 Å². The van der Waals surface area contributed by atoms with Crippen LogP contribution in [-0.2, 0) is 9.53 Å². The maximum atomic E-state index is 12.2. The molecule has 29 heavy (non-hydrogen) atoms. The van der Waals surface area contributed by atoms with Gasteiger partial charge in [0.25, 0.3) is 11.7 Å². The fraction of sp³-hybridized carbons (Fsp3) is 0.381. The van der Waals surface area contributed by atoms with Crippen LogP contribution in [0, 0.1) is 0 Å². The molecule has 8 heteroatoms. The van der Waals surface area contributed by atoms with E-state index in [4.69, 9.17) is 14.2 Å². The fourth-order valence-electron chi connectivity index (χ4n) is 3.58. The van der Waals surface area contributed by atoms with E-state index in [9.17, 15) is 9.59 Å². The van der Waals surface area contributed by atoms with Gasteiger partial charge >= 0.3 is 5.97 Å². The number of fused-ring (bicyclic) bond motifs is 1. The lowest BCUT2D eigenvalue weighted by Gasteiger charge is -2.31. The Morgan fingerprint density at radius 1 is 1.17 bits per heavy atom. The smallest absolute Gasteiger partial charge is 0.341 e. The van der Waals surface area contributed by atoms with Gasteiger partial charge in [0.15, 0.2) is 18.1 Å². The summed E-state index contributed by atoms with van der Waals surface area (Å²) in [6.07, 6.45) is 8.52. The first-order valence-electron chi connectivity index (χ1n) is 9.57. The van der Waals surface area contributed by atoms with Crippen molar-refractivity contribution in [2.75, 3.05) is 18.2 Å². The fourth-order valence-corrected chi connectivity index (χ4v) is 4.12. The minimum absolute atomic E-state index is 0.341. The minimum atomic E-state index is -0.581. The predicted molar refractivity (Wildman–Crippen MR) is 108 cm³/mol. The molecule has 1 aromatic heterocycles. The molecular weight excluding hydrogens is 392 g/mol. The number of pyridine rings is 1. The summed E-state index contributed by atoms with van der Waals surface area (Å²) in [5, 5.41) is 3.29. The van der Waals surface area contributed by atoms with Crippen LogP contribution in [0.4, 0.5) is 5.69 Å². The lowest BCUT2D eigenvalue weighted by Crippen LogP contribution is -2.40. The predicted octanol–water partition coefficient (Wildman–Crippen LogP) is 4.03. The molecule has 1 aliphatic heterocycles. The number of thioether (sulfide) groups is 1. The van der Waals surface area contributed by atoms with Gasteiger partial charge in [0, 0.05) is 30.8 Å². The second-order valence-corrected chi connectivity index (χ2v) is 7.82. The Hall–Kier alpha value is -2.74. The van der Waals surface area contributed by atoms with Crippen molar-refractivity contribution in [1.82, 2.24) is 4.98 Å². The highest BCUT2D eigenvalue weighted by molar-refractivity contribution is 7.98. The summed E-state index contributed by atoms with van der Waals surface area (Å²) in [7, 11) is 0. The normalized spacial score (nSPS) is 16.4. The molecule has 1 aromatic carbocycles. The Morgan fingerprint density at radius 2 is 1.97 bits per heavy atom. The van der Waals surface area contributed by atoms with Crippen molar-refractivity contribution in [3.63, 3.8) is 0 Å². The molecule has 1 amide bonds. The maximum absolute atomic E-state index is 12.2. The van der Waals surface area contributed by atoms with Crippen molar-refractivity contribution in [1.29, 1.82) is 0 Å². The molecule has 1 saturated carbocycles. The number of hydrogen-bond acceptors (Lipinski definition) is 7. The monoisotopic (exact) mass is 414 g/mol. The van der Waals surface area contributed by atoms with E-state index in [0.29, 0.717) is 27.8 Å². The first-order valence-corrected chi connectivity index (χ1v) is 10.8. The van der Waals surface area contributed by atoms with E-state index < -0.39 is 17.7 Å². The van der Waals surface area contributed by atoms with Gasteiger partial charge in [-0.1, -0.05) is 6.42 Å². The van der Waals surface area contributed by atoms with Gasteiger partial charge in [-0.05, 0) is 43.4 Å². The van der Waals surface area contributed by atoms with Crippen molar-refractivity contribution < 1.29 is 23.8 Å². The van der Waals surface area contributed by atoms with E-state index >= 15 is 0 Å². The molecule has 1 aliphatic carbocycles. The van der Waals surface area contributed by atoms with E-state index in [0.717, 1.165) is 25.7 Å². The second-order valence-electron chi connectivity index (χ2n) is 7.02. The van der Waals surface area contributed by atoms with Crippen LogP contribution in [0.15, 0.2) is 41.6 Å². The number of hydrogen-bond donors (Lipinski definition) is 1. The first kappa shape index (κ1) is 19.6. The highest BCUT2D eigenvalue weighted by Gasteiger charge is 2.42. The van der Waals surface area contributed by atoms with Crippen LogP contribution in [0.1, 0.15) is 42.5 Å². The van der Waals surface area contributed by atoms with Crippen LogP contribution in [0.2, 0.25) is 0 Å². The average molecular weight is 414 g/mol. The van der Waals surface area contributed by atoms with Crippen molar-refractivity contribution in [3.8, 4) is 11.5 Å². The molecule has 2 heterocycles. The number of esters is 1. The van der Waals surface area contributed by atoms with Gasteiger partial charge in [0.2, 0.25) is 0 Å². The Morgan fingerprint density at radius 3 is 2.76 bits per heavy atom. The van der Waals surface area contributed by atoms with Crippen LogP contribution < -0.4 is 14.8 Å². The van der Waals surface area contributed by atoms with Crippen molar-refractivity contribution in [3.05, 3.63) is 42.1 Å². The summed E-state index contributed by atoms with van der Waals surface area (Å²) in [5.74, 6) is -0.252. The van der Waals surface area contributed by atoms with Crippen LogP contribution in [-0.4, -0.2) is 35.5 Å². The Bertz CT molecular complexity index is 927. The lowest BCUT2D eigenvalue weighted by atomic mass is 9.94. The van der Waals surface area contributed by atoms with Gasteiger partial charge in [-0.2, -0.15) is 0 Å². The van der Waals surface area contributed by atoms with Crippen LogP contribution >= 0.6 is 11.8 Å². The second kappa shape index (κ2) is 8.32. The number of rotatable bonds is 5. The third-order valence-corrected chi connectivity index (χ3v) is 5.67. The zero-order chi connectivity index (χ0) is 20.3. The molecule has 0 radical (unpaired) electrons. The van der Waals surface area contributed by atoms with Gasteiger partial charge in [0.05, 0.1) is 5.56 Å². The molecule has 0 saturated heterocycles. The van der Waals surface area contributed by atoms with E-state index in [-0.39, 0.29) is 6.61 Å². The zero-order valence-corrected chi connectivity index (χ0v) is 16.9. The van der Waals surface area contributed by atoms with Crippen LogP contribution in [0.25, 0.3) is 0 Å². The SMILES string of the molecule is CSc1ncccc1C(=O)OCC(=O)Nc1ccc2c(c1)OC1(CCCCC1)O2. The Labute approximate surface area is 173 Å². The summed E-state index contributed by atoms with van der Waals surface area (Å²) in [4.78, 5) is 28.5. The molecule has 7 nitrogen and oxygen atoms in total. The number of benzene rings is 1. The standard InChI is InChI=1S/C21H22N2O5S/c1-29-19-15(6-5-11-22-19)20(25)26-13-18(24)23-14-7-8-16-17(12-14)28-21(27-16)9-3-2-4-10-21/h5-8,11-12H,2-4,9-10,13H2,1H3,(H,23,24). The topological polar surface area (TPSA) is 86.8 Å². The highest BCUT2D eigenvalue weighted by atomic mass is 32.2. The lowest BCUT2D eigenvalue weighted by molar-refractivity contribution is -0.119. The van der Waals surface area contributed by atoms with E-state index in [1.807, 2.05) is 6.26 Å². The Kier molecular flexibility index (Phi) is 5.62. The summed E-state index contributed by atoms with van der Waals surface area (Å²) < 4.78 is 17.2. The number of ether oxygens (including phenoxy) is 3. The molecule has 4 rings (SSSR count). The number of aromatic nitrogens is 1. The molecule has 1 spiro atoms. The largest absolute Gasteiger partial charge is 0.452 e. The van der Waals surface area contributed by atoms with Crippen molar-refractivity contribution in [2.45, 2.75) is 42.9 Å². The quantitative estimate of drug-likeness (QED) is 0.584. The van der Waals surface area contributed by atoms with E-state index in [1.165, 1.54) is 18.2 Å². The molecule has 0 bridgehead atoms. The molecular formula is C21H22N2O5S. The number of carbonyl (C=O) groups is 2. The number of nitrogens with one attached hydrogen (secondary N) is 1. The van der Waals surface area contributed by atoms with Gasteiger partial charge in [-0.3, -0.25) is 4.79 Å². The van der Waals surface area contributed by atoms with E-state index in [2.05, 4.69) is 10.3 Å². The van der Waals surface area contributed by atoms with Gasteiger partial charge in [-0.25, -0.2) is 9.78 Å². The number of amides is 1. The number of carbonyl (C=O) groups excluding carboxylic acids is 2. The molecule has 2 aliphatic rings. The molecule has 152 valence electrons. The van der Waals surface area contributed by atoms with Gasteiger partial charge < -0.3 is 19.5 Å². The maximum Gasteiger partial charge on any atom is 0.341 e. The minimum Gasteiger partial charge on any atom is -0.452 e. The summed E-state index contributed by atoms with van der Waals surface area (Å²) in [6, 6.07) is 8.56.